The number of thiocarbonyl (C=S) groups is 1. The number of nitrogens with zero attached hydrogens (tertiary/aromatic N) is 1. The van der Waals surface area contributed by atoms with Gasteiger partial charge in [0.05, 0.1) is 12.5 Å². The topological polar surface area (TPSA) is 32.6 Å². The first-order chi connectivity index (χ1) is 5.54. The predicted molar refractivity (Wildman–Crippen MR) is 55.9 cm³/mol. The van der Waals surface area contributed by atoms with Gasteiger partial charge in [0.2, 0.25) is 0 Å². The van der Waals surface area contributed by atoms with Gasteiger partial charge in [-0.1, -0.05) is 25.4 Å². The van der Waals surface area contributed by atoms with Crippen LogP contribution in [0.15, 0.2) is 25.7 Å². The summed E-state index contributed by atoms with van der Waals surface area (Å²) in [7, 11) is 0. The zero-order valence-electron chi connectivity index (χ0n) is 7.69. The third kappa shape index (κ3) is 7.40. The molecule has 0 radical (unpaired) electrons. The van der Waals surface area contributed by atoms with Crippen molar-refractivity contribution in [2.45, 2.75) is 12.8 Å². The molecule has 0 aromatic rings. The van der Waals surface area contributed by atoms with Crippen molar-refractivity contribution in [3.05, 3.63) is 31.0 Å². The molecule has 0 aromatic heterocycles. The van der Waals surface area contributed by atoms with Gasteiger partial charge in [-0.3, -0.25) is 0 Å². The zero-order chi connectivity index (χ0) is 9.61. The van der Waals surface area contributed by atoms with Crippen molar-refractivity contribution in [3.63, 3.8) is 0 Å². The summed E-state index contributed by atoms with van der Waals surface area (Å²) in [6.07, 6.45) is 2.41. The maximum absolute atomic E-state index is 4.95. The Balaban J connectivity index is 0. The molecule has 0 aliphatic heterocycles. The van der Waals surface area contributed by atoms with Gasteiger partial charge in [-0.05, 0) is 11.2 Å². The van der Waals surface area contributed by atoms with E-state index in [1.54, 1.807) is 6.92 Å². The second kappa shape index (κ2) is 7.70. The molecule has 0 N–H and O–H groups in total. The van der Waals surface area contributed by atoms with Gasteiger partial charge in [0, 0.05) is 0 Å². The Kier molecular flexibility index (Phi) is 9.34. The molecule has 0 aliphatic carbocycles. The molecule has 3 nitrogen and oxygen atoms in total. The van der Waals surface area contributed by atoms with Crippen molar-refractivity contribution in [1.29, 1.82) is 0 Å². The minimum atomic E-state index is -1.21. The van der Waals surface area contributed by atoms with Crippen molar-refractivity contribution >= 4 is 29.2 Å². The average molecular weight is 227 g/mol. The Labute approximate surface area is 111 Å². The van der Waals surface area contributed by atoms with Crippen molar-refractivity contribution in [3.8, 4) is 0 Å². The molecular weight excluding hydrogens is 217 g/mol. The number of hydrogen-bond acceptors (Lipinski definition) is 3. The Hall–Kier alpha value is 0.320. The molecule has 6 heteroatoms. The van der Waals surface area contributed by atoms with Gasteiger partial charge in [-0.25, -0.2) is 0 Å². The first kappa shape index (κ1) is 15.8. The van der Waals surface area contributed by atoms with Crippen LogP contribution in [-0.4, -0.2) is 10.2 Å². The molecule has 0 spiro atoms. The quantitative estimate of drug-likeness (QED) is 0.227. The Morgan fingerprint density at radius 3 is 2.08 bits per heavy atom. The van der Waals surface area contributed by atoms with E-state index < -0.39 is 5.91 Å². The van der Waals surface area contributed by atoms with Crippen LogP contribution in [-0.2, 0) is 9.47 Å². The zero-order valence-corrected chi connectivity index (χ0v) is 11.4. The van der Waals surface area contributed by atoms with Gasteiger partial charge in [0.25, 0.3) is 0 Å². The molecule has 0 aliphatic rings. The van der Waals surface area contributed by atoms with Gasteiger partial charge in [-0.15, -0.1) is 0 Å². The van der Waals surface area contributed by atoms with E-state index in [1.807, 2.05) is 0 Å². The van der Waals surface area contributed by atoms with Crippen LogP contribution in [0.4, 0.5) is 0 Å². The third-order valence-electron chi connectivity index (χ3n) is 0.903. The van der Waals surface area contributed by atoms with Crippen molar-refractivity contribution in [2.24, 2.45) is 0 Å². The Morgan fingerprint density at radius 1 is 1.46 bits per heavy atom. The van der Waals surface area contributed by atoms with Crippen molar-refractivity contribution in [2.75, 3.05) is 0 Å². The normalized spacial score (nSPS) is 9.08. The fourth-order valence-corrected chi connectivity index (χ4v) is 0.911. The molecule has 0 fully saturated rings. The van der Waals surface area contributed by atoms with E-state index in [0.29, 0.717) is 0 Å². The molecule has 0 heterocycles. The van der Waals surface area contributed by atoms with Gasteiger partial charge < -0.3 is 14.8 Å². The number of hydrogen-bond donors (Lipinski definition) is 1. The number of ether oxygens (including phenoxy) is 2. The summed E-state index contributed by atoms with van der Waals surface area (Å²) in [4.78, 5) is 0. The van der Waals surface area contributed by atoms with Gasteiger partial charge in [-0.2, -0.15) is 12.6 Å². The summed E-state index contributed by atoms with van der Waals surface area (Å²) < 4.78 is 10.0. The van der Waals surface area contributed by atoms with E-state index in [2.05, 4.69) is 43.3 Å². The van der Waals surface area contributed by atoms with E-state index in [-0.39, 0.29) is 33.9 Å². The summed E-state index contributed by atoms with van der Waals surface area (Å²) >= 11 is 8.45. The van der Waals surface area contributed by atoms with Gasteiger partial charge >= 0.3 is 29.6 Å². The molecule has 68 valence electrons. The molecule has 0 atom stereocenters. The Bertz CT molecular complexity index is 189. The molecule has 0 rings (SSSR count). The summed E-state index contributed by atoms with van der Waals surface area (Å²) in [5.74, 6) is -1.21. The molecule has 0 unspecified atom stereocenters. The first-order valence-corrected chi connectivity index (χ1v) is 3.93. The molecule has 0 amide bonds. The maximum Gasteiger partial charge on any atom is 1.00 e. The van der Waals surface area contributed by atoms with Crippen LogP contribution in [0, 0.1) is 0 Å². The number of rotatable bonds is 5. The molecule has 0 aromatic carbocycles. The molecular formula is C7H10NNaO2S2. The van der Waals surface area contributed by atoms with E-state index >= 15 is 0 Å². The molecule has 0 saturated heterocycles. The van der Waals surface area contributed by atoms with Crippen LogP contribution in [0.3, 0.4) is 0 Å². The standard InChI is InChI=1S/C7H11NO2S2.Na/c1-4-9-7(3,10-5-2)8-6(11)12;/h4-5H,1-2H2,3H3,(H2,8,11,12);/q;+1/p-1. The van der Waals surface area contributed by atoms with Crippen LogP contribution < -0.4 is 29.6 Å². The summed E-state index contributed by atoms with van der Waals surface area (Å²) in [6.45, 7) is 8.31. The summed E-state index contributed by atoms with van der Waals surface area (Å²) in [5.41, 5.74) is 0. The van der Waals surface area contributed by atoms with Crippen molar-refractivity contribution < 1.29 is 39.0 Å². The Morgan fingerprint density at radius 2 is 1.85 bits per heavy atom. The minimum absolute atomic E-state index is 0. The third-order valence-corrected chi connectivity index (χ3v) is 1.09. The maximum atomic E-state index is 4.95. The fraction of sp³-hybridized carbons (Fsp3) is 0.286. The predicted octanol–water partition coefficient (Wildman–Crippen LogP) is -0.427. The van der Waals surface area contributed by atoms with Crippen molar-refractivity contribution in [1.82, 2.24) is 0 Å². The summed E-state index contributed by atoms with van der Waals surface area (Å²) in [5, 5.41) is 3.80. The van der Waals surface area contributed by atoms with Crippen LogP contribution in [0.25, 0.3) is 5.32 Å². The van der Waals surface area contributed by atoms with Crippen LogP contribution in [0.1, 0.15) is 6.92 Å². The number of thiol groups is 1. The first-order valence-electron chi connectivity index (χ1n) is 3.07. The molecule has 0 saturated carbocycles. The largest absolute Gasteiger partial charge is 1.00 e. The summed E-state index contributed by atoms with van der Waals surface area (Å²) in [6, 6.07) is 0. The van der Waals surface area contributed by atoms with Crippen LogP contribution >= 0.6 is 24.8 Å². The van der Waals surface area contributed by atoms with Crippen LogP contribution in [0.2, 0.25) is 0 Å². The molecule has 0 bridgehead atoms. The molecule has 13 heavy (non-hydrogen) atoms. The van der Waals surface area contributed by atoms with E-state index in [4.69, 9.17) is 9.47 Å². The van der Waals surface area contributed by atoms with Crippen LogP contribution in [0.5, 0.6) is 0 Å². The fourth-order valence-electron chi connectivity index (χ4n) is 0.563. The minimum Gasteiger partial charge on any atom is -0.598 e. The van der Waals surface area contributed by atoms with E-state index in [1.165, 1.54) is 12.5 Å². The smallest absolute Gasteiger partial charge is 0.598 e. The van der Waals surface area contributed by atoms with Gasteiger partial charge in [0.15, 0.2) is 5.91 Å². The van der Waals surface area contributed by atoms with E-state index in [9.17, 15) is 0 Å². The monoisotopic (exact) mass is 227 g/mol. The average Bonchev–Trinajstić information content (AvgIpc) is 1.85. The second-order valence-corrected chi connectivity index (χ2v) is 2.97. The van der Waals surface area contributed by atoms with E-state index in [0.717, 1.165) is 0 Å². The SMILES string of the molecule is C=COC(C)([N-]C(=S)S)OC=C.[Na+]. The second-order valence-electron chi connectivity index (χ2n) is 1.86. The van der Waals surface area contributed by atoms with Gasteiger partial charge in [0.1, 0.15) is 0 Å².